The Kier molecular flexibility index (Phi) is 7.23. The van der Waals surface area contributed by atoms with Crippen molar-refractivity contribution in [2.24, 2.45) is 0 Å². The van der Waals surface area contributed by atoms with E-state index in [0.29, 0.717) is 0 Å². The van der Waals surface area contributed by atoms with Gasteiger partial charge in [-0.2, -0.15) is 11.8 Å². The molecule has 2 amide bonds. The fourth-order valence-electron chi connectivity index (χ4n) is 4.52. The first-order valence-corrected chi connectivity index (χ1v) is 12.2. The van der Waals surface area contributed by atoms with E-state index in [4.69, 9.17) is 9.84 Å². The summed E-state index contributed by atoms with van der Waals surface area (Å²) in [4.78, 5) is 36.5. The molecule has 33 heavy (non-hydrogen) atoms. The molecule has 7 nitrogen and oxygen atoms in total. The molecule has 0 aromatic heterocycles. The minimum absolute atomic E-state index is 0.000391. The number of alkyl carbamates (subject to hydrolysis) is 1. The second kappa shape index (κ2) is 10.3. The van der Waals surface area contributed by atoms with E-state index in [-0.39, 0.29) is 42.6 Å². The number of carboxylic acid groups (broad SMARTS) is 1. The van der Waals surface area contributed by atoms with Crippen LogP contribution < -0.4 is 10.6 Å². The molecule has 1 aliphatic carbocycles. The van der Waals surface area contributed by atoms with Crippen LogP contribution >= 0.6 is 11.8 Å². The van der Waals surface area contributed by atoms with Gasteiger partial charge in [-0.15, -0.1) is 0 Å². The Bertz CT molecular complexity index is 997. The third-order valence-electron chi connectivity index (χ3n) is 6.30. The topological polar surface area (TPSA) is 105 Å². The Morgan fingerprint density at radius 3 is 2.30 bits per heavy atom. The quantitative estimate of drug-likeness (QED) is 0.545. The van der Waals surface area contributed by atoms with Gasteiger partial charge in [0.2, 0.25) is 5.91 Å². The van der Waals surface area contributed by atoms with Crippen molar-refractivity contribution in [3.63, 3.8) is 0 Å². The highest BCUT2D eigenvalue weighted by atomic mass is 32.2. The number of benzene rings is 2. The molecule has 1 saturated heterocycles. The van der Waals surface area contributed by atoms with Gasteiger partial charge in [0.25, 0.3) is 0 Å². The van der Waals surface area contributed by atoms with E-state index in [1.807, 2.05) is 43.3 Å². The van der Waals surface area contributed by atoms with Gasteiger partial charge in [0, 0.05) is 23.6 Å². The first-order chi connectivity index (χ1) is 15.9. The second-order valence-corrected chi connectivity index (χ2v) is 9.92. The van der Waals surface area contributed by atoms with Crippen molar-refractivity contribution in [2.75, 3.05) is 12.4 Å². The third-order valence-corrected chi connectivity index (χ3v) is 7.63. The van der Waals surface area contributed by atoms with Crippen molar-refractivity contribution >= 4 is 29.7 Å². The summed E-state index contributed by atoms with van der Waals surface area (Å²) in [5.41, 5.74) is 4.45. The van der Waals surface area contributed by atoms with E-state index in [1.54, 1.807) is 11.8 Å². The lowest BCUT2D eigenvalue weighted by Gasteiger charge is -2.23. The highest BCUT2D eigenvalue weighted by Crippen LogP contribution is 2.44. The average molecular weight is 469 g/mol. The van der Waals surface area contributed by atoms with Crippen LogP contribution in [0.1, 0.15) is 43.2 Å². The predicted molar refractivity (Wildman–Crippen MR) is 127 cm³/mol. The molecule has 8 heteroatoms. The molecule has 2 aromatic carbocycles. The number of fused-ring (bicyclic) bond motifs is 3. The summed E-state index contributed by atoms with van der Waals surface area (Å²) in [6.07, 6.45) is -0.0962. The van der Waals surface area contributed by atoms with Crippen LogP contribution in [0.15, 0.2) is 48.5 Å². The number of hydrogen-bond acceptors (Lipinski definition) is 5. The van der Waals surface area contributed by atoms with Crippen LogP contribution in [0.4, 0.5) is 4.79 Å². The number of carbonyl (C=O) groups excluding carboxylic acids is 2. The molecule has 3 atom stereocenters. The van der Waals surface area contributed by atoms with Crippen molar-refractivity contribution in [1.29, 1.82) is 0 Å². The Labute approximate surface area is 197 Å². The van der Waals surface area contributed by atoms with Crippen LogP contribution in [-0.2, 0) is 14.3 Å². The first kappa shape index (κ1) is 23.2. The Morgan fingerprint density at radius 1 is 1.09 bits per heavy atom. The zero-order valence-corrected chi connectivity index (χ0v) is 19.3. The maximum Gasteiger partial charge on any atom is 0.407 e. The number of aliphatic carboxylic acids is 1. The fraction of sp³-hybridized carbons (Fsp3) is 0.400. The Balaban J connectivity index is 1.40. The lowest BCUT2D eigenvalue weighted by molar-refractivity contribution is -0.137. The average Bonchev–Trinajstić information content (AvgIpc) is 3.35. The molecule has 0 saturated carbocycles. The molecule has 174 valence electrons. The van der Waals surface area contributed by atoms with Gasteiger partial charge in [-0.3, -0.25) is 9.59 Å². The second-order valence-electron chi connectivity index (χ2n) is 8.43. The lowest BCUT2D eigenvalue weighted by Crippen LogP contribution is -2.51. The molecule has 1 heterocycles. The van der Waals surface area contributed by atoms with Gasteiger partial charge < -0.3 is 20.5 Å². The number of thioether (sulfide) groups is 1. The van der Waals surface area contributed by atoms with Gasteiger partial charge in [0.15, 0.2) is 0 Å². The monoisotopic (exact) mass is 468 g/mol. The van der Waals surface area contributed by atoms with E-state index >= 15 is 0 Å². The number of ether oxygens (including phenoxy) is 1. The van der Waals surface area contributed by atoms with Gasteiger partial charge in [-0.25, -0.2) is 4.79 Å². The summed E-state index contributed by atoms with van der Waals surface area (Å²) < 4.78 is 5.54. The van der Waals surface area contributed by atoms with Crippen molar-refractivity contribution in [2.45, 2.75) is 49.4 Å². The van der Waals surface area contributed by atoms with Crippen LogP contribution in [0.25, 0.3) is 11.1 Å². The third kappa shape index (κ3) is 5.33. The first-order valence-electron chi connectivity index (χ1n) is 11.2. The Hall–Kier alpha value is -3.00. The molecule has 1 aliphatic heterocycles. The van der Waals surface area contributed by atoms with Crippen molar-refractivity contribution < 1.29 is 24.2 Å². The minimum Gasteiger partial charge on any atom is -0.481 e. The summed E-state index contributed by atoms with van der Waals surface area (Å²) in [6, 6.07) is 15.1. The number of hydrogen-bond donors (Lipinski definition) is 3. The molecule has 3 unspecified atom stereocenters. The number of nitrogens with one attached hydrogen (secondary N) is 2. The summed E-state index contributed by atoms with van der Waals surface area (Å²) in [7, 11) is 0. The standard InChI is InChI=1S/C25H28N2O5S/c1-15-21(12-13-33-15)26-24(30)22(10-11-23(28)29)27-25(31)32-14-20-18-8-4-2-6-16(18)17-7-3-5-9-19(17)20/h2-9,15,20-22H,10-14H2,1H3,(H,26,30)(H,27,31)(H,28,29). The fourth-order valence-corrected chi connectivity index (χ4v) is 5.72. The largest absolute Gasteiger partial charge is 0.481 e. The van der Waals surface area contributed by atoms with E-state index in [0.717, 1.165) is 34.4 Å². The minimum atomic E-state index is -1.02. The molecule has 4 rings (SSSR count). The number of carboxylic acids is 1. The molecule has 0 spiro atoms. The molecule has 0 bridgehead atoms. The summed E-state index contributed by atoms with van der Waals surface area (Å²) in [6.45, 7) is 2.18. The number of amides is 2. The van der Waals surface area contributed by atoms with E-state index in [2.05, 4.69) is 22.8 Å². The van der Waals surface area contributed by atoms with Crippen molar-refractivity contribution in [1.82, 2.24) is 10.6 Å². The SMILES string of the molecule is CC1SCCC1NC(=O)C(CCC(=O)O)NC(=O)OCC1c2ccccc2-c2ccccc21. The molecule has 3 N–H and O–H groups in total. The van der Waals surface area contributed by atoms with E-state index in [9.17, 15) is 14.4 Å². The Morgan fingerprint density at radius 2 is 1.73 bits per heavy atom. The van der Waals surface area contributed by atoms with Crippen LogP contribution in [-0.4, -0.2) is 52.8 Å². The zero-order valence-electron chi connectivity index (χ0n) is 18.5. The van der Waals surface area contributed by atoms with Crippen LogP contribution in [0, 0.1) is 0 Å². The highest BCUT2D eigenvalue weighted by Gasteiger charge is 2.31. The predicted octanol–water partition coefficient (Wildman–Crippen LogP) is 3.77. The normalized spacial score (nSPS) is 19.9. The molecular weight excluding hydrogens is 440 g/mol. The summed E-state index contributed by atoms with van der Waals surface area (Å²) in [5.74, 6) is -0.520. The van der Waals surface area contributed by atoms with E-state index in [1.165, 1.54) is 0 Å². The number of carbonyl (C=O) groups is 3. The lowest BCUT2D eigenvalue weighted by atomic mass is 9.98. The molecular formula is C25H28N2O5S. The van der Waals surface area contributed by atoms with Crippen molar-refractivity contribution in [3.05, 3.63) is 59.7 Å². The van der Waals surface area contributed by atoms with Crippen molar-refractivity contribution in [3.8, 4) is 11.1 Å². The van der Waals surface area contributed by atoms with E-state index < -0.39 is 18.1 Å². The molecule has 2 aliphatic rings. The summed E-state index contributed by atoms with van der Waals surface area (Å²) >= 11 is 1.78. The molecule has 0 radical (unpaired) electrons. The van der Waals surface area contributed by atoms with Crippen LogP contribution in [0.5, 0.6) is 0 Å². The smallest absolute Gasteiger partial charge is 0.407 e. The van der Waals surface area contributed by atoms with Crippen LogP contribution in [0.2, 0.25) is 0 Å². The highest BCUT2D eigenvalue weighted by molar-refractivity contribution is 8.00. The number of rotatable bonds is 8. The van der Waals surface area contributed by atoms with Gasteiger partial charge in [-0.1, -0.05) is 55.5 Å². The van der Waals surface area contributed by atoms with Gasteiger partial charge in [0.1, 0.15) is 12.6 Å². The van der Waals surface area contributed by atoms with Crippen LogP contribution in [0.3, 0.4) is 0 Å². The summed E-state index contributed by atoms with van der Waals surface area (Å²) in [5, 5.41) is 14.9. The van der Waals surface area contributed by atoms with Gasteiger partial charge >= 0.3 is 12.1 Å². The zero-order chi connectivity index (χ0) is 23.4. The maximum absolute atomic E-state index is 12.8. The molecule has 1 fully saturated rings. The van der Waals surface area contributed by atoms with Gasteiger partial charge in [-0.05, 0) is 40.8 Å². The van der Waals surface area contributed by atoms with Gasteiger partial charge in [0.05, 0.1) is 0 Å². The molecule has 2 aromatic rings. The maximum atomic E-state index is 12.8.